The molecule has 0 saturated carbocycles. The van der Waals surface area contributed by atoms with Gasteiger partial charge >= 0.3 is 0 Å². The molecule has 0 aliphatic carbocycles. The lowest BCUT2D eigenvalue weighted by atomic mass is 9.95. The fourth-order valence-electron chi connectivity index (χ4n) is 1.97. The zero-order valence-corrected chi connectivity index (χ0v) is 14.5. The summed E-state index contributed by atoms with van der Waals surface area (Å²) in [5, 5.41) is 15.4. The molecule has 0 amide bonds. The van der Waals surface area contributed by atoms with Gasteiger partial charge in [0, 0.05) is 37.5 Å². The number of thiophene rings is 1. The van der Waals surface area contributed by atoms with Gasteiger partial charge < -0.3 is 20.9 Å². The summed E-state index contributed by atoms with van der Waals surface area (Å²) in [6, 6.07) is 4.14. The quantitative estimate of drug-likeness (QED) is 0.388. The predicted octanol–water partition coefficient (Wildman–Crippen LogP) is 1.35. The molecule has 5 nitrogen and oxygen atoms in total. The minimum atomic E-state index is -0.752. The lowest BCUT2D eigenvalue weighted by molar-refractivity contribution is -0.0565. The van der Waals surface area contributed by atoms with Crippen LogP contribution in [0.1, 0.15) is 17.7 Å². The van der Waals surface area contributed by atoms with Gasteiger partial charge in [-0.2, -0.15) is 0 Å². The number of aliphatic hydroxyl groups is 1. The molecule has 0 radical (unpaired) electrons. The van der Waals surface area contributed by atoms with Crippen LogP contribution in [0.15, 0.2) is 22.5 Å². The van der Waals surface area contributed by atoms with Crippen molar-refractivity contribution in [2.75, 3.05) is 26.3 Å². The Balaban J connectivity index is 0.00000200. The monoisotopic (exact) mass is 411 g/mol. The molecular weight excluding hydrogens is 389 g/mol. The van der Waals surface area contributed by atoms with Crippen LogP contribution in [0.3, 0.4) is 0 Å². The molecule has 0 bridgehead atoms. The van der Waals surface area contributed by atoms with Gasteiger partial charge in [0.25, 0.3) is 0 Å². The SMILES string of the molecule is I.NC(=NCC1(O)CCOCC1)NCCc1cccs1. The van der Waals surface area contributed by atoms with Crippen LogP contribution in [-0.2, 0) is 11.2 Å². The van der Waals surface area contributed by atoms with Crippen LogP contribution in [0.25, 0.3) is 0 Å². The van der Waals surface area contributed by atoms with Gasteiger partial charge in [-0.3, -0.25) is 4.99 Å². The molecule has 1 fully saturated rings. The maximum atomic E-state index is 10.2. The molecule has 4 N–H and O–H groups in total. The average Bonchev–Trinajstić information content (AvgIpc) is 2.91. The minimum Gasteiger partial charge on any atom is -0.388 e. The lowest BCUT2D eigenvalue weighted by Crippen LogP contribution is -2.41. The van der Waals surface area contributed by atoms with Crippen LogP contribution in [0.4, 0.5) is 0 Å². The predicted molar refractivity (Wildman–Crippen MR) is 92.9 cm³/mol. The second-order valence-corrected chi connectivity index (χ2v) is 5.83. The van der Waals surface area contributed by atoms with E-state index in [9.17, 15) is 5.11 Å². The van der Waals surface area contributed by atoms with E-state index in [-0.39, 0.29) is 24.0 Å². The van der Waals surface area contributed by atoms with Crippen molar-refractivity contribution in [2.24, 2.45) is 10.7 Å². The van der Waals surface area contributed by atoms with Gasteiger partial charge in [0.15, 0.2) is 5.96 Å². The van der Waals surface area contributed by atoms with Gasteiger partial charge in [0.05, 0.1) is 12.1 Å². The third kappa shape index (κ3) is 5.94. The molecule has 1 aromatic rings. The van der Waals surface area contributed by atoms with Gasteiger partial charge in [0.2, 0.25) is 0 Å². The molecule has 2 heterocycles. The molecule has 0 atom stereocenters. The number of hydrogen-bond acceptors (Lipinski definition) is 4. The number of ether oxygens (including phenoxy) is 1. The Morgan fingerprint density at radius 3 is 2.90 bits per heavy atom. The van der Waals surface area contributed by atoms with Crippen molar-refractivity contribution >= 4 is 41.3 Å². The van der Waals surface area contributed by atoms with Crippen LogP contribution in [0, 0.1) is 0 Å². The molecule has 0 unspecified atom stereocenters. The molecule has 114 valence electrons. The number of guanidine groups is 1. The second-order valence-electron chi connectivity index (χ2n) is 4.79. The van der Waals surface area contributed by atoms with Crippen molar-refractivity contribution in [1.82, 2.24) is 5.32 Å². The van der Waals surface area contributed by atoms with Gasteiger partial charge in [-0.25, -0.2) is 0 Å². The van der Waals surface area contributed by atoms with Crippen molar-refractivity contribution < 1.29 is 9.84 Å². The summed E-state index contributed by atoms with van der Waals surface area (Å²) in [5.74, 6) is 0.400. The molecular formula is C13H22IN3O2S. The molecule has 1 aliphatic heterocycles. The number of nitrogens with one attached hydrogen (secondary N) is 1. The maximum Gasteiger partial charge on any atom is 0.188 e. The standard InChI is InChI=1S/C13H21N3O2S.HI/c14-12(15-6-3-11-2-1-9-19-11)16-10-13(17)4-7-18-8-5-13;/h1-2,9,17H,3-8,10H2,(H3,14,15,16);1H. The molecule has 0 spiro atoms. The first-order valence-corrected chi connectivity index (χ1v) is 7.42. The minimum absolute atomic E-state index is 0. The number of hydrogen-bond donors (Lipinski definition) is 3. The number of rotatable bonds is 5. The molecule has 1 aromatic heterocycles. The highest BCUT2D eigenvalue weighted by molar-refractivity contribution is 14.0. The van der Waals surface area contributed by atoms with E-state index >= 15 is 0 Å². The van der Waals surface area contributed by atoms with Crippen LogP contribution in [0.5, 0.6) is 0 Å². The number of halogens is 1. The Kier molecular flexibility index (Phi) is 7.78. The summed E-state index contributed by atoms with van der Waals surface area (Å²) in [5.41, 5.74) is 5.04. The highest BCUT2D eigenvalue weighted by atomic mass is 127. The van der Waals surface area contributed by atoms with E-state index in [1.54, 1.807) is 11.3 Å². The molecule has 2 rings (SSSR count). The lowest BCUT2D eigenvalue weighted by Gasteiger charge is -2.30. The number of nitrogens with two attached hydrogens (primary N) is 1. The normalized spacial score (nSPS) is 18.4. The Morgan fingerprint density at radius 1 is 1.50 bits per heavy atom. The zero-order chi connectivity index (χ0) is 13.6. The molecule has 1 saturated heterocycles. The number of aliphatic imine (C=N–C) groups is 1. The third-order valence-corrected chi connectivity index (χ3v) is 4.16. The fraction of sp³-hybridized carbons (Fsp3) is 0.615. The molecule has 0 aromatic carbocycles. The first kappa shape index (κ1) is 17.7. The van der Waals surface area contributed by atoms with Crippen molar-refractivity contribution in [1.29, 1.82) is 0 Å². The summed E-state index contributed by atoms with van der Waals surface area (Å²) in [6.45, 7) is 2.29. The Labute approximate surface area is 140 Å². The van der Waals surface area contributed by atoms with Crippen molar-refractivity contribution in [3.8, 4) is 0 Å². The summed E-state index contributed by atoms with van der Waals surface area (Å²) in [6.07, 6.45) is 2.18. The van der Waals surface area contributed by atoms with E-state index < -0.39 is 5.60 Å². The highest BCUT2D eigenvalue weighted by Crippen LogP contribution is 2.20. The Bertz CT molecular complexity index is 406. The van der Waals surface area contributed by atoms with Gasteiger partial charge in [-0.05, 0) is 17.9 Å². The van der Waals surface area contributed by atoms with E-state index in [0.29, 0.717) is 38.6 Å². The summed E-state index contributed by atoms with van der Waals surface area (Å²) in [7, 11) is 0. The second kappa shape index (κ2) is 8.81. The average molecular weight is 411 g/mol. The first-order chi connectivity index (χ1) is 9.18. The van der Waals surface area contributed by atoms with Crippen molar-refractivity contribution in [3.05, 3.63) is 22.4 Å². The third-order valence-electron chi connectivity index (χ3n) is 3.22. The van der Waals surface area contributed by atoms with Crippen LogP contribution in [0.2, 0.25) is 0 Å². The highest BCUT2D eigenvalue weighted by Gasteiger charge is 2.29. The number of nitrogens with zero attached hydrogens (tertiary/aromatic N) is 1. The topological polar surface area (TPSA) is 79.9 Å². The maximum absolute atomic E-state index is 10.2. The van der Waals surface area contributed by atoms with E-state index in [1.807, 2.05) is 6.07 Å². The smallest absolute Gasteiger partial charge is 0.188 e. The summed E-state index contributed by atoms with van der Waals surface area (Å²) in [4.78, 5) is 5.54. The van der Waals surface area contributed by atoms with E-state index in [0.717, 1.165) is 13.0 Å². The van der Waals surface area contributed by atoms with Crippen LogP contribution in [-0.4, -0.2) is 43.0 Å². The van der Waals surface area contributed by atoms with E-state index in [4.69, 9.17) is 10.5 Å². The Hall–Kier alpha value is -0.380. The molecule has 20 heavy (non-hydrogen) atoms. The molecule has 7 heteroatoms. The fourth-order valence-corrected chi connectivity index (χ4v) is 2.68. The van der Waals surface area contributed by atoms with Crippen LogP contribution < -0.4 is 11.1 Å². The van der Waals surface area contributed by atoms with Gasteiger partial charge in [-0.15, -0.1) is 35.3 Å². The van der Waals surface area contributed by atoms with Gasteiger partial charge in [-0.1, -0.05) is 6.07 Å². The van der Waals surface area contributed by atoms with Crippen LogP contribution >= 0.6 is 35.3 Å². The van der Waals surface area contributed by atoms with E-state index in [2.05, 4.69) is 21.8 Å². The van der Waals surface area contributed by atoms with Crippen molar-refractivity contribution in [2.45, 2.75) is 24.9 Å². The van der Waals surface area contributed by atoms with Crippen molar-refractivity contribution in [3.63, 3.8) is 0 Å². The van der Waals surface area contributed by atoms with E-state index in [1.165, 1.54) is 4.88 Å². The molecule has 1 aliphatic rings. The summed E-state index contributed by atoms with van der Waals surface area (Å²) >= 11 is 1.74. The Morgan fingerprint density at radius 2 is 2.25 bits per heavy atom. The zero-order valence-electron chi connectivity index (χ0n) is 11.4. The largest absolute Gasteiger partial charge is 0.388 e. The first-order valence-electron chi connectivity index (χ1n) is 6.54. The summed E-state index contributed by atoms with van der Waals surface area (Å²) < 4.78 is 5.22. The van der Waals surface area contributed by atoms with Gasteiger partial charge in [0.1, 0.15) is 0 Å².